The van der Waals surface area contributed by atoms with Crippen LogP contribution in [-0.4, -0.2) is 44.8 Å². The Bertz CT molecular complexity index is 1550. The molecule has 0 aromatic heterocycles. The molecule has 0 saturated carbocycles. The van der Waals surface area contributed by atoms with E-state index in [-0.39, 0.29) is 42.4 Å². The molecule has 17 heteroatoms. The van der Waals surface area contributed by atoms with Crippen LogP contribution in [0.15, 0.2) is 41.6 Å². The second-order valence-corrected chi connectivity index (χ2v) is 12.2. The highest BCUT2D eigenvalue weighted by molar-refractivity contribution is 8.05. The number of sulfone groups is 1. The lowest BCUT2D eigenvalue weighted by Gasteiger charge is -2.39. The summed E-state index contributed by atoms with van der Waals surface area (Å²) in [7, 11) is -4.13. The number of carbonyl (C=O) groups excluding carboxylic acids is 1. The minimum Gasteiger partial charge on any atom is -0.386 e. The average Bonchev–Trinajstić information content (AvgIpc) is 3.42. The van der Waals surface area contributed by atoms with E-state index in [0.717, 1.165) is 0 Å². The third-order valence-corrected chi connectivity index (χ3v) is 8.29. The fraction of sp³-hybridized carbons (Fsp3) is 0.440. The molecule has 3 heterocycles. The topological polar surface area (TPSA) is 94.1 Å². The second-order valence-electron chi connectivity index (χ2n) is 10.2. The Morgan fingerprint density at radius 1 is 0.976 bits per heavy atom. The van der Waals surface area contributed by atoms with Crippen molar-refractivity contribution in [1.82, 2.24) is 5.32 Å². The minimum atomic E-state index is -5.31. The van der Waals surface area contributed by atoms with Gasteiger partial charge in [-0.2, -0.15) is 39.5 Å². The summed E-state index contributed by atoms with van der Waals surface area (Å²) >= 11 is 0. The first-order chi connectivity index (χ1) is 19.2. The Labute approximate surface area is 231 Å². The van der Waals surface area contributed by atoms with Crippen molar-refractivity contribution in [2.45, 2.75) is 42.8 Å². The van der Waals surface area contributed by atoms with E-state index in [0.29, 0.717) is 11.8 Å². The first-order valence-electron chi connectivity index (χ1n) is 12.1. The van der Waals surface area contributed by atoms with E-state index in [1.807, 2.05) is 0 Å². The van der Waals surface area contributed by atoms with E-state index < -0.39 is 86.0 Å². The third kappa shape index (κ3) is 5.37. The molecule has 42 heavy (non-hydrogen) atoms. The molecule has 2 unspecified atom stereocenters. The summed E-state index contributed by atoms with van der Waals surface area (Å²) in [5.74, 6) is -2.78. The van der Waals surface area contributed by atoms with Gasteiger partial charge in [-0.3, -0.25) is 4.79 Å². The largest absolute Gasteiger partial charge is 0.416 e. The van der Waals surface area contributed by atoms with Crippen LogP contribution in [0.4, 0.5) is 39.5 Å². The molecule has 5 rings (SSSR count). The normalized spacial score (nSPS) is 23.8. The molecule has 0 amide bonds. The third-order valence-electron chi connectivity index (χ3n) is 7.29. The van der Waals surface area contributed by atoms with Crippen LogP contribution in [0.3, 0.4) is 0 Å². The highest BCUT2D eigenvalue weighted by Gasteiger charge is 2.55. The molecule has 2 aromatic rings. The summed E-state index contributed by atoms with van der Waals surface area (Å²) in [6, 6.07) is 3.86. The molecule has 3 aliphatic rings. The van der Waals surface area contributed by atoms with E-state index in [2.05, 4.69) is 10.5 Å². The standard InChI is InChI=1S/C25H19F9N2O5S/c1-42(38,39)18(37)8-17-15-6-11(2-3-16(15)22(40-17)9-35-10-22)20-19(25(32,33)34)21(41-36-20)12-4-13(23(26,27)28)7-14(5-12)24(29,30)31/h2-7,17,19,21,35H,8-10H2,1H3/t17-,19?,21?/m0/s1. The van der Waals surface area contributed by atoms with Crippen molar-refractivity contribution in [2.24, 2.45) is 11.1 Å². The van der Waals surface area contributed by atoms with Gasteiger partial charge >= 0.3 is 18.5 Å². The number of fused-ring (bicyclic) bond motifs is 2. The average molecular weight is 630 g/mol. The maximum absolute atomic E-state index is 14.4. The fourth-order valence-corrected chi connectivity index (χ4v) is 5.67. The van der Waals surface area contributed by atoms with Crippen molar-refractivity contribution in [2.75, 3.05) is 19.3 Å². The maximum atomic E-state index is 14.4. The van der Waals surface area contributed by atoms with Crippen LogP contribution < -0.4 is 5.32 Å². The van der Waals surface area contributed by atoms with Crippen molar-refractivity contribution in [3.63, 3.8) is 0 Å². The molecule has 3 atom stereocenters. The van der Waals surface area contributed by atoms with E-state index in [1.54, 1.807) is 0 Å². The van der Waals surface area contributed by atoms with E-state index in [4.69, 9.17) is 9.57 Å². The van der Waals surface area contributed by atoms with Crippen molar-refractivity contribution in [3.05, 3.63) is 69.8 Å². The van der Waals surface area contributed by atoms with E-state index >= 15 is 0 Å². The molecular weight excluding hydrogens is 611 g/mol. The lowest BCUT2D eigenvalue weighted by molar-refractivity contribution is -0.177. The number of nitrogens with one attached hydrogen (secondary N) is 1. The van der Waals surface area contributed by atoms with Crippen LogP contribution in [0.1, 0.15) is 52.0 Å². The predicted molar refractivity (Wildman–Crippen MR) is 126 cm³/mol. The number of benzene rings is 2. The highest BCUT2D eigenvalue weighted by atomic mass is 32.2. The zero-order valence-corrected chi connectivity index (χ0v) is 21.9. The molecule has 228 valence electrons. The predicted octanol–water partition coefficient (Wildman–Crippen LogP) is 5.21. The van der Waals surface area contributed by atoms with Gasteiger partial charge in [-0.15, -0.1) is 0 Å². The Kier molecular flexibility index (Phi) is 6.97. The van der Waals surface area contributed by atoms with Gasteiger partial charge in [0.2, 0.25) is 15.0 Å². The van der Waals surface area contributed by atoms with E-state index in [9.17, 15) is 52.7 Å². The monoisotopic (exact) mass is 630 g/mol. The quantitative estimate of drug-likeness (QED) is 0.467. The Morgan fingerprint density at radius 2 is 1.57 bits per heavy atom. The first-order valence-corrected chi connectivity index (χ1v) is 14.0. The van der Waals surface area contributed by atoms with Crippen LogP contribution in [0.5, 0.6) is 0 Å². The lowest BCUT2D eigenvalue weighted by atomic mass is 9.83. The van der Waals surface area contributed by atoms with Gasteiger partial charge in [0.25, 0.3) is 0 Å². The zero-order valence-electron chi connectivity index (χ0n) is 21.1. The highest BCUT2D eigenvalue weighted by Crippen LogP contribution is 2.50. The molecular formula is C25H19F9N2O5S. The van der Waals surface area contributed by atoms with Gasteiger partial charge in [0, 0.05) is 24.9 Å². The van der Waals surface area contributed by atoms with Crippen LogP contribution >= 0.6 is 0 Å². The van der Waals surface area contributed by atoms with E-state index in [1.165, 1.54) is 18.2 Å². The van der Waals surface area contributed by atoms with Crippen molar-refractivity contribution in [3.8, 4) is 0 Å². The molecule has 1 N–H and O–H groups in total. The molecule has 3 aliphatic heterocycles. The number of hydrogen-bond acceptors (Lipinski definition) is 7. The molecule has 0 aliphatic carbocycles. The number of rotatable bonds is 4. The molecule has 0 bridgehead atoms. The summed E-state index contributed by atoms with van der Waals surface area (Å²) in [5.41, 5.74) is -6.08. The summed E-state index contributed by atoms with van der Waals surface area (Å²) in [4.78, 5) is 17.1. The number of nitrogens with zero attached hydrogens (tertiary/aromatic N) is 1. The Morgan fingerprint density at radius 3 is 2.05 bits per heavy atom. The second kappa shape index (κ2) is 9.67. The van der Waals surface area contributed by atoms with Gasteiger partial charge in [0.05, 0.1) is 23.7 Å². The van der Waals surface area contributed by atoms with Gasteiger partial charge in [-0.05, 0) is 41.0 Å². The van der Waals surface area contributed by atoms with Gasteiger partial charge in [-0.25, -0.2) is 8.42 Å². The van der Waals surface area contributed by atoms with Crippen molar-refractivity contribution < 1.29 is 62.3 Å². The van der Waals surface area contributed by atoms with Crippen molar-refractivity contribution in [1.29, 1.82) is 0 Å². The van der Waals surface area contributed by atoms with Gasteiger partial charge < -0.3 is 14.9 Å². The zero-order chi connectivity index (χ0) is 31.0. The molecule has 2 aromatic carbocycles. The number of oxime groups is 1. The number of carbonyl (C=O) groups is 1. The Hall–Kier alpha value is -3.18. The summed E-state index contributed by atoms with van der Waals surface area (Å²) in [5, 5.41) is 5.22. The SMILES string of the molecule is CS(=O)(=O)C(=O)C[C@@H]1OC2(CNC2)c2ccc(C3=NOC(c4cc(C(F)(F)F)cc(C(F)(F)F)c4)C3C(F)(F)F)cc21. The Balaban J connectivity index is 1.56. The molecule has 7 nitrogen and oxygen atoms in total. The summed E-state index contributed by atoms with van der Waals surface area (Å²) < 4.78 is 153. The minimum absolute atomic E-state index is 0.147. The maximum Gasteiger partial charge on any atom is 0.416 e. The summed E-state index contributed by atoms with van der Waals surface area (Å²) in [6.45, 7) is 0.522. The number of hydrogen-bond donors (Lipinski definition) is 1. The number of halogens is 9. The van der Waals surface area contributed by atoms with Crippen LogP contribution in [0, 0.1) is 5.92 Å². The van der Waals surface area contributed by atoms with Crippen LogP contribution in [-0.2, 0) is 42.2 Å². The number of alkyl halides is 9. The first kappa shape index (κ1) is 30.3. The lowest BCUT2D eigenvalue weighted by Crippen LogP contribution is -2.56. The van der Waals surface area contributed by atoms with Crippen molar-refractivity contribution >= 4 is 20.7 Å². The van der Waals surface area contributed by atoms with Gasteiger partial charge in [0.1, 0.15) is 17.2 Å². The molecule has 1 fully saturated rings. The van der Waals surface area contributed by atoms with Gasteiger partial charge in [-0.1, -0.05) is 17.3 Å². The summed E-state index contributed by atoms with van der Waals surface area (Å²) in [6.07, 6.45) is -19.4. The van der Waals surface area contributed by atoms with Crippen LogP contribution in [0.2, 0.25) is 0 Å². The van der Waals surface area contributed by atoms with Gasteiger partial charge in [0.15, 0.2) is 6.10 Å². The molecule has 0 radical (unpaired) electrons. The number of ether oxygens (including phenoxy) is 1. The smallest absolute Gasteiger partial charge is 0.386 e. The van der Waals surface area contributed by atoms with Crippen LogP contribution in [0.25, 0.3) is 0 Å². The molecule has 1 saturated heterocycles. The molecule has 1 spiro atoms. The fourth-order valence-electron chi connectivity index (χ4n) is 5.21.